The summed E-state index contributed by atoms with van der Waals surface area (Å²) in [5.74, 6) is 1.05. The van der Waals surface area contributed by atoms with E-state index in [1.54, 1.807) is 6.08 Å². The molecule has 1 aromatic carbocycles. The molecule has 3 aliphatic rings. The Kier molecular flexibility index (Phi) is 2.94. The van der Waals surface area contributed by atoms with Crippen LogP contribution in [0.15, 0.2) is 64.6 Å². The number of benzene rings is 1. The van der Waals surface area contributed by atoms with Crippen LogP contribution < -0.4 is 5.32 Å². The summed E-state index contributed by atoms with van der Waals surface area (Å²) >= 11 is 5.97. The van der Waals surface area contributed by atoms with Crippen LogP contribution in [0, 0.1) is 5.92 Å². The zero-order valence-corrected chi connectivity index (χ0v) is 12.8. The van der Waals surface area contributed by atoms with Crippen molar-refractivity contribution < 1.29 is 4.79 Å². The van der Waals surface area contributed by atoms with Gasteiger partial charge >= 0.3 is 0 Å². The van der Waals surface area contributed by atoms with Crippen LogP contribution in [0.2, 0.25) is 5.02 Å². The van der Waals surface area contributed by atoms with Gasteiger partial charge in [-0.1, -0.05) is 18.5 Å². The first kappa shape index (κ1) is 13.3. The maximum absolute atomic E-state index is 11.8. The number of halogens is 1. The lowest BCUT2D eigenvalue weighted by molar-refractivity contribution is -0.115. The topological polar surface area (TPSA) is 44.7 Å². The molecule has 0 spiro atoms. The van der Waals surface area contributed by atoms with E-state index >= 15 is 0 Å². The fourth-order valence-corrected chi connectivity index (χ4v) is 3.20. The first-order chi connectivity index (χ1) is 10.6. The monoisotopic (exact) mass is 311 g/mol. The van der Waals surface area contributed by atoms with Crippen molar-refractivity contribution in [1.82, 2.24) is 10.2 Å². The van der Waals surface area contributed by atoms with E-state index in [2.05, 4.69) is 22.1 Å². The molecule has 4 nitrogen and oxygen atoms in total. The van der Waals surface area contributed by atoms with E-state index in [1.165, 1.54) is 0 Å². The van der Waals surface area contributed by atoms with Crippen LogP contribution in [0.4, 0.5) is 0 Å². The molecule has 0 saturated carbocycles. The fraction of sp³-hybridized carbons (Fsp3) is 0.176. The van der Waals surface area contributed by atoms with Crippen LogP contribution in [0.5, 0.6) is 0 Å². The summed E-state index contributed by atoms with van der Waals surface area (Å²) in [5.41, 5.74) is 4.01. The van der Waals surface area contributed by atoms with Gasteiger partial charge in [0.25, 0.3) is 0 Å². The van der Waals surface area contributed by atoms with Gasteiger partial charge in [0, 0.05) is 46.6 Å². The standard InChI is InChI=1S/C17H14ClN3O/c1-10-9-21-16-12(4-7-14(22)20-15(10)16)8-19-17(21)11-2-5-13(18)6-3-11/h2-8,10H,9H2,1H3,(H,20,22)/t10-/m0/s1. The van der Waals surface area contributed by atoms with Crippen molar-refractivity contribution >= 4 is 23.3 Å². The molecule has 0 bridgehead atoms. The molecule has 3 aliphatic heterocycles. The molecule has 1 aromatic rings. The number of nitrogens with zero attached hydrogens (tertiary/aromatic N) is 2. The Bertz CT molecular complexity index is 787. The summed E-state index contributed by atoms with van der Waals surface area (Å²) in [5, 5.41) is 3.70. The van der Waals surface area contributed by atoms with Crippen molar-refractivity contribution in [2.75, 3.05) is 6.54 Å². The predicted molar refractivity (Wildman–Crippen MR) is 86.3 cm³/mol. The molecule has 0 fully saturated rings. The smallest absolute Gasteiger partial charge is 0.248 e. The summed E-state index contributed by atoms with van der Waals surface area (Å²) in [6.45, 7) is 2.92. The number of hydrogen-bond acceptors (Lipinski definition) is 3. The lowest BCUT2D eigenvalue weighted by Crippen LogP contribution is -2.32. The van der Waals surface area contributed by atoms with Crippen LogP contribution in [0.3, 0.4) is 0 Å². The Morgan fingerprint density at radius 3 is 2.82 bits per heavy atom. The number of aliphatic imine (C=N–C) groups is 1. The Balaban J connectivity index is 1.84. The van der Waals surface area contributed by atoms with Gasteiger partial charge in [-0.05, 0) is 30.3 Å². The zero-order chi connectivity index (χ0) is 15.3. The number of amides is 1. The third-order valence-electron chi connectivity index (χ3n) is 4.10. The molecule has 110 valence electrons. The molecule has 1 atom stereocenters. The third-order valence-corrected chi connectivity index (χ3v) is 4.36. The first-order valence-electron chi connectivity index (χ1n) is 7.18. The van der Waals surface area contributed by atoms with Gasteiger partial charge in [-0.2, -0.15) is 0 Å². The minimum Gasteiger partial charge on any atom is -0.324 e. The SMILES string of the molecule is C[C@H]1CN2C(c3ccc(Cl)cc3)=NC=C3C=CC(=O)NC1=C32. The minimum atomic E-state index is -0.0838. The summed E-state index contributed by atoms with van der Waals surface area (Å²) in [7, 11) is 0. The van der Waals surface area contributed by atoms with Crippen molar-refractivity contribution in [1.29, 1.82) is 0 Å². The molecule has 5 heteroatoms. The second kappa shape index (κ2) is 4.85. The van der Waals surface area contributed by atoms with Crippen LogP contribution in [-0.2, 0) is 4.79 Å². The average Bonchev–Trinajstić information content (AvgIpc) is 2.72. The fourth-order valence-electron chi connectivity index (χ4n) is 3.07. The van der Waals surface area contributed by atoms with Crippen LogP contribution in [0.1, 0.15) is 12.5 Å². The van der Waals surface area contributed by atoms with Gasteiger partial charge in [0.05, 0.1) is 5.70 Å². The van der Waals surface area contributed by atoms with Gasteiger partial charge in [-0.15, -0.1) is 0 Å². The second-order valence-corrected chi connectivity index (χ2v) is 6.08. The zero-order valence-electron chi connectivity index (χ0n) is 12.0. The van der Waals surface area contributed by atoms with E-state index < -0.39 is 0 Å². The van der Waals surface area contributed by atoms with E-state index in [-0.39, 0.29) is 11.8 Å². The van der Waals surface area contributed by atoms with Gasteiger partial charge < -0.3 is 10.2 Å². The molecular weight excluding hydrogens is 298 g/mol. The highest BCUT2D eigenvalue weighted by Crippen LogP contribution is 2.36. The van der Waals surface area contributed by atoms with Gasteiger partial charge in [0.15, 0.2) is 0 Å². The summed E-state index contributed by atoms with van der Waals surface area (Å²) in [4.78, 5) is 18.6. The quantitative estimate of drug-likeness (QED) is 0.867. The maximum atomic E-state index is 11.8. The Morgan fingerprint density at radius 2 is 2.05 bits per heavy atom. The molecule has 0 aromatic heterocycles. The van der Waals surface area contributed by atoms with Crippen molar-refractivity contribution in [3.63, 3.8) is 0 Å². The van der Waals surface area contributed by atoms with Gasteiger partial charge in [0.2, 0.25) is 5.91 Å². The van der Waals surface area contributed by atoms with Crippen LogP contribution >= 0.6 is 11.6 Å². The van der Waals surface area contributed by atoms with Crippen molar-refractivity contribution in [2.24, 2.45) is 10.9 Å². The van der Waals surface area contributed by atoms with Crippen LogP contribution in [-0.4, -0.2) is 23.2 Å². The first-order valence-corrected chi connectivity index (χ1v) is 7.56. The molecule has 22 heavy (non-hydrogen) atoms. The maximum Gasteiger partial charge on any atom is 0.248 e. The number of hydrogen-bond donors (Lipinski definition) is 1. The highest BCUT2D eigenvalue weighted by atomic mass is 35.5. The highest BCUT2D eigenvalue weighted by Gasteiger charge is 2.36. The Labute approximate surface area is 133 Å². The van der Waals surface area contributed by atoms with Gasteiger partial charge in [0.1, 0.15) is 5.84 Å². The largest absolute Gasteiger partial charge is 0.324 e. The molecule has 0 radical (unpaired) electrons. The predicted octanol–water partition coefficient (Wildman–Crippen LogP) is 2.83. The molecular formula is C17H14ClN3O. The number of rotatable bonds is 1. The third kappa shape index (κ3) is 1.99. The van der Waals surface area contributed by atoms with E-state index in [4.69, 9.17) is 11.6 Å². The van der Waals surface area contributed by atoms with E-state index in [9.17, 15) is 4.79 Å². The number of allylic oxidation sites excluding steroid dienone is 1. The van der Waals surface area contributed by atoms with Crippen molar-refractivity contribution in [3.8, 4) is 0 Å². The van der Waals surface area contributed by atoms with Crippen molar-refractivity contribution in [3.05, 3.63) is 70.2 Å². The molecule has 0 saturated heterocycles. The number of carbonyl (C=O) groups is 1. The summed E-state index contributed by atoms with van der Waals surface area (Å²) in [6, 6.07) is 7.66. The molecule has 1 amide bonds. The van der Waals surface area contributed by atoms with E-state index in [0.717, 1.165) is 34.9 Å². The molecule has 0 aliphatic carbocycles. The van der Waals surface area contributed by atoms with Crippen LogP contribution in [0.25, 0.3) is 0 Å². The molecule has 0 unspecified atom stereocenters. The normalized spacial score (nSPS) is 22.9. The lowest BCUT2D eigenvalue weighted by Gasteiger charge is -2.27. The number of nitrogens with one attached hydrogen (secondary N) is 1. The number of amidine groups is 1. The van der Waals surface area contributed by atoms with E-state index in [0.29, 0.717) is 5.02 Å². The lowest BCUT2D eigenvalue weighted by atomic mass is 10.1. The van der Waals surface area contributed by atoms with Crippen molar-refractivity contribution in [2.45, 2.75) is 6.92 Å². The number of carbonyl (C=O) groups excluding carboxylic acids is 1. The Hall–Kier alpha value is -2.33. The highest BCUT2D eigenvalue weighted by molar-refractivity contribution is 6.30. The Morgan fingerprint density at radius 1 is 1.27 bits per heavy atom. The average molecular weight is 312 g/mol. The summed E-state index contributed by atoms with van der Waals surface area (Å²) in [6.07, 6.45) is 5.20. The molecule has 4 rings (SSSR count). The molecule has 3 heterocycles. The van der Waals surface area contributed by atoms with E-state index in [1.807, 2.05) is 36.5 Å². The van der Waals surface area contributed by atoms with Gasteiger partial charge in [-0.25, -0.2) is 4.99 Å². The summed E-state index contributed by atoms with van der Waals surface area (Å²) < 4.78 is 0. The molecule has 1 N–H and O–H groups in total. The minimum absolute atomic E-state index is 0.0838. The van der Waals surface area contributed by atoms with Gasteiger partial charge in [-0.3, -0.25) is 4.79 Å². The second-order valence-electron chi connectivity index (χ2n) is 5.64.